The molecule has 174 valence electrons. The molecule has 4 aliphatic carbocycles. The second kappa shape index (κ2) is 8.43. The fourth-order valence-corrected chi connectivity index (χ4v) is 7.52. The predicted molar refractivity (Wildman–Crippen MR) is 128 cm³/mol. The molecular weight excluding hydrogens is 460 g/mol. The standard InChI is InChI=1S/C24H26N2O5S2/c1-13(27)31-18-4-3-14(8-19(18)30-2)9-20-21(28)26(23(32)33-20)25-22(29)24-10-15-5-16(11-24)7-17(6-15)12-24/h3-4,8-9,15-17H,5-7,10-12H2,1-2H3,(H,25,29)/b20-9-. The summed E-state index contributed by atoms with van der Waals surface area (Å²) in [6, 6.07) is 5.02. The molecule has 9 heteroatoms. The van der Waals surface area contributed by atoms with Gasteiger partial charge in [-0.2, -0.15) is 5.01 Å². The zero-order chi connectivity index (χ0) is 23.3. The minimum Gasteiger partial charge on any atom is -0.493 e. The highest BCUT2D eigenvalue weighted by molar-refractivity contribution is 8.26. The first-order chi connectivity index (χ1) is 15.8. The molecule has 4 saturated carbocycles. The normalized spacial score (nSPS) is 31.3. The minimum absolute atomic E-state index is 0.0634. The van der Waals surface area contributed by atoms with Crippen LogP contribution in [0.4, 0.5) is 0 Å². The second-order valence-corrected chi connectivity index (χ2v) is 11.3. The van der Waals surface area contributed by atoms with Gasteiger partial charge < -0.3 is 9.47 Å². The number of methoxy groups -OCH3 is 1. The summed E-state index contributed by atoms with van der Waals surface area (Å²) < 4.78 is 10.7. The van der Waals surface area contributed by atoms with Gasteiger partial charge in [0.05, 0.1) is 17.4 Å². The van der Waals surface area contributed by atoms with Crippen molar-refractivity contribution in [2.24, 2.45) is 23.2 Å². The molecule has 1 aromatic carbocycles. The number of thiocarbonyl (C=S) groups is 1. The van der Waals surface area contributed by atoms with Crippen LogP contribution in [0.15, 0.2) is 23.1 Å². The summed E-state index contributed by atoms with van der Waals surface area (Å²) >= 11 is 6.57. The van der Waals surface area contributed by atoms with Gasteiger partial charge in [-0.1, -0.05) is 17.8 Å². The van der Waals surface area contributed by atoms with Crippen LogP contribution in [0.1, 0.15) is 51.0 Å². The van der Waals surface area contributed by atoms with Crippen molar-refractivity contribution in [2.45, 2.75) is 45.4 Å². The van der Waals surface area contributed by atoms with Crippen LogP contribution in [-0.2, 0) is 14.4 Å². The van der Waals surface area contributed by atoms with Gasteiger partial charge >= 0.3 is 5.97 Å². The maximum atomic E-state index is 13.4. The molecule has 7 nitrogen and oxygen atoms in total. The number of carbonyl (C=O) groups excluding carboxylic acids is 3. The molecule has 2 amide bonds. The molecule has 0 unspecified atom stereocenters. The Kier molecular flexibility index (Phi) is 5.73. The van der Waals surface area contributed by atoms with E-state index in [1.165, 1.54) is 38.3 Å². The summed E-state index contributed by atoms with van der Waals surface area (Å²) in [5.74, 6) is 1.74. The zero-order valence-electron chi connectivity index (χ0n) is 18.6. The third-order valence-electron chi connectivity index (χ3n) is 7.27. The van der Waals surface area contributed by atoms with Gasteiger partial charge in [0, 0.05) is 6.92 Å². The SMILES string of the molecule is COc1cc(/C=C2\SC(=S)N(NC(=O)C34CC5CC(CC(C5)C3)C4)C2=O)ccc1OC(C)=O. The molecular formula is C24H26N2O5S2. The van der Waals surface area contributed by atoms with Crippen molar-refractivity contribution in [2.75, 3.05) is 7.11 Å². The molecule has 33 heavy (non-hydrogen) atoms. The number of hydrogen-bond acceptors (Lipinski definition) is 7. The highest BCUT2D eigenvalue weighted by atomic mass is 32.2. The average Bonchev–Trinajstić information content (AvgIpc) is 3.00. The molecule has 0 aromatic heterocycles. The minimum atomic E-state index is -0.448. The number of amides is 2. The Morgan fingerprint density at radius 3 is 2.36 bits per heavy atom. The van der Waals surface area contributed by atoms with Crippen LogP contribution < -0.4 is 14.9 Å². The fourth-order valence-electron chi connectivity index (χ4n) is 6.34. The molecule has 0 atom stereocenters. The topological polar surface area (TPSA) is 84.9 Å². The smallest absolute Gasteiger partial charge is 0.308 e. The Hall–Kier alpha value is -2.39. The van der Waals surface area contributed by atoms with E-state index in [-0.39, 0.29) is 17.2 Å². The van der Waals surface area contributed by atoms with Crippen molar-refractivity contribution in [1.82, 2.24) is 10.4 Å². The summed E-state index contributed by atoms with van der Waals surface area (Å²) in [6.45, 7) is 1.32. The maximum Gasteiger partial charge on any atom is 0.308 e. The first-order valence-electron chi connectivity index (χ1n) is 11.2. The number of ether oxygens (including phenoxy) is 2. The molecule has 5 fully saturated rings. The van der Waals surface area contributed by atoms with Crippen LogP contribution in [0.2, 0.25) is 0 Å². The van der Waals surface area contributed by atoms with Crippen molar-refractivity contribution >= 4 is 52.2 Å². The summed E-state index contributed by atoms with van der Waals surface area (Å²) in [5.41, 5.74) is 3.20. The Labute approximate surface area is 202 Å². The Morgan fingerprint density at radius 2 is 1.79 bits per heavy atom. The molecule has 4 bridgehead atoms. The lowest BCUT2D eigenvalue weighted by Crippen LogP contribution is -2.57. The van der Waals surface area contributed by atoms with E-state index in [2.05, 4.69) is 5.43 Å². The van der Waals surface area contributed by atoms with Gasteiger partial charge in [-0.05, 0) is 92.3 Å². The van der Waals surface area contributed by atoms with Crippen LogP contribution >= 0.6 is 24.0 Å². The van der Waals surface area contributed by atoms with Gasteiger partial charge in [-0.25, -0.2) is 0 Å². The number of carbonyl (C=O) groups is 3. The monoisotopic (exact) mass is 486 g/mol. The molecule has 0 spiro atoms. The van der Waals surface area contributed by atoms with E-state index in [1.807, 2.05) is 0 Å². The van der Waals surface area contributed by atoms with Crippen molar-refractivity contribution in [3.05, 3.63) is 28.7 Å². The number of nitrogens with one attached hydrogen (secondary N) is 1. The van der Waals surface area contributed by atoms with Crippen molar-refractivity contribution in [1.29, 1.82) is 0 Å². The van der Waals surface area contributed by atoms with E-state index in [1.54, 1.807) is 24.3 Å². The summed E-state index contributed by atoms with van der Waals surface area (Å²) in [6.07, 6.45) is 8.19. The number of thioether (sulfide) groups is 1. The third kappa shape index (κ3) is 4.17. The van der Waals surface area contributed by atoms with Crippen LogP contribution in [0.3, 0.4) is 0 Å². The zero-order valence-corrected chi connectivity index (χ0v) is 20.2. The van der Waals surface area contributed by atoms with E-state index in [4.69, 9.17) is 21.7 Å². The summed E-state index contributed by atoms with van der Waals surface area (Å²) in [7, 11) is 1.48. The van der Waals surface area contributed by atoms with Gasteiger partial charge in [-0.15, -0.1) is 0 Å². The molecule has 6 rings (SSSR count). The number of rotatable bonds is 5. The molecule has 0 radical (unpaired) electrons. The van der Waals surface area contributed by atoms with Crippen molar-refractivity contribution < 1.29 is 23.9 Å². The first kappa shape index (κ1) is 22.4. The molecule has 1 N–H and O–H groups in total. The van der Waals surface area contributed by atoms with E-state index in [0.29, 0.717) is 44.0 Å². The van der Waals surface area contributed by atoms with Crippen LogP contribution in [0.5, 0.6) is 11.5 Å². The molecule has 1 aliphatic heterocycles. The lowest BCUT2D eigenvalue weighted by Gasteiger charge is -2.55. The number of hydrogen-bond donors (Lipinski definition) is 1. The number of esters is 1. The average molecular weight is 487 g/mol. The van der Waals surface area contributed by atoms with Gasteiger partial charge in [-0.3, -0.25) is 19.8 Å². The number of hydrazine groups is 1. The maximum absolute atomic E-state index is 13.4. The highest BCUT2D eigenvalue weighted by Gasteiger charge is 2.55. The Balaban J connectivity index is 1.32. The van der Waals surface area contributed by atoms with Gasteiger partial charge in [0.1, 0.15) is 0 Å². The van der Waals surface area contributed by atoms with Crippen molar-refractivity contribution in [3.63, 3.8) is 0 Å². The molecule has 1 heterocycles. The Morgan fingerprint density at radius 1 is 1.15 bits per heavy atom. The lowest BCUT2D eigenvalue weighted by atomic mass is 9.49. The predicted octanol–water partition coefficient (Wildman–Crippen LogP) is 4.07. The Bertz CT molecular complexity index is 1050. The van der Waals surface area contributed by atoms with E-state index >= 15 is 0 Å². The van der Waals surface area contributed by atoms with E-state index in [0.717, 1.165) is 31.0 Å². The summed E-state index contributed by atoms with van der Waals surface area (Å²) in [4.78, 5) is 38.1. The largest absolute Gasteiger partial charge is 0.493 e. The molecule has 1 saturated heterocycles. The third-order valence-corrected chi connectivity index (χ3v) is 8.57. The quantitative estimate of drug-likeness (QED) is 0.291. The van der Waals surface area contributed by atoms with E-state index in [9.17, 15) is 14.4 Å². The van der Waals surface area contributed by atoms with Crippen LogP contribution in [0.25, 0.3) is 6.08 Å². The number of nitrogens with zero attached hydrogens (tertiary/aromatic N) is 1. The highest BCUT2D eigenvalue weighted by Crippen LogP contribution is 2.60. The first-order valence-corrected chi connectivity index (χ1v) is 12.4. The van der Waals surface area contributed by atoms with Gasteiger partial charge in [0.2, 0.25) is 5.91 Å². The second-order valence-electron chi connectivity index (χ2n) is 9.66. The fraction of sp³-hybridized carbons (Fsp3) is 0.500. The number of benzene rings is 1. The van der Waals surface area contributed by atoms with E-state index < -0.39 is 5.97 Å². The van der Waals surface area contributed by atoms with Crippen LogP contribution in [0, 0.1) is 23.2 Å². The molecule has 1 aromatic rings. The lowest BCUT2D eigenvalue weighted by molar-refractivity contribution is -0.152. The van der Waals surface area contributed by atoms with Gasteiger partial charge in [0.15, 0.2) is 15.8 Å². The van der Waals surface area contributed by atoms with Crippen LogP contribution in [-0.4, -0.2) is 34.2 Å². The molecule has 5 aliphatic rings. The van der Waals surface area contributed by atoms with Crippen molar-refractivity contribution in [3.8, 4) is 11.5 Å². The van der Waals surface area contributed by atoms with Gasteiger partial charge in [0.25, 0.3) is 5.91 Å². The summed E-state index contributed by atoms with van der Waals surface area (Å²) in [5, 5.41) is 1.22.